The normalized spacial score (nSPS) is 11.2. The van der Waals surface area contributed by atoms with Crippen LogP contribution in [0.4, 0.5) is 0 Å². The Balaban J connectivity index is 1.97. The molecule has 2 aromatic rings. The molecule has 2 rings (SSSR count). The molecular formula is C17H24N2O. The van der Waals surface area contributed by atoms with E-state index in [-0.39, 0.29) is 0 Å². The van der Waals surface area contributed by atoms with Gasteiger partial charge in [-0.3, -0.25) is 0 Å². The Morgan fingerprint density at radius 1 is 1.20 bits per heavy atom. The second kappa shape index (κ2) is 7.25. The second-order valence-electron chi connectivity index (χ2n) is 5.35. The number of aromatic nitrogens is 1. The van der Waals surface area contributed by atoms with Crippen molar-refractivity contribution in [3.05, 3.63) is 41.9 Å². The van der Waals surface area contributed by atoms with E-state index in [2.05, 4.69) is 55.3 Å². The molecule has 0 spiro atoms. The van der Waals surface area contributed by atoms with E-state index in [0.717, 1.165) is 43.1 Å². The predicted molar refractivity (Wildman–Crippen MR) is 82.9 cm³/mol. The fraction of sp³-hybridized carbons (Fsp3) is 0.471. The van der Waals surface area contributed by atoms with Crippen molar-refractivity contribution < 1.29 is 4.42 Å². The number of rotatable bonds is 7. The molecule has 1 aromatic carbocycles. The van der Waals surface area contributed by atoms with Gasteiger partial charge in [-0.1, -0.05) is 45.0 Å². The zero-order valence-electron chi connectivity index (χ0n) is 12.6. The summed E-state index contributed by atoms with van der Waals surface area (Å²) >= 11 is 0. The van der Waals surface area contributed by atoms with Crippen LogP contribution in [0, 0.1) is 0 Å². The molecule has 1 N–H and O–H groups in total. The lowest BCUT2D eigenvalue weighted by Crippen LogP contribution is -2.14. The Hall–Kier alpha value is -1.61. The van der Waals surface area contributed by atoms with Gasteiger partial charge >= 0.3 is 0 Å². The molecule has 0 unspecified atom stereocenters. The highest BCUT2D eigenvalue weighted by atomic mass is 16.4. The van der Waals surface area contributed by atoms with Gasteiger partial charge in [-0.05, 0) is 31.0 Å². The van der Waals surface area contributed by atoms with Crippen LogP contribution in [0.1, 0.15) is 44.6 Å². The van der Waals surface area contributed by atoms with Crippen LogP contribution >= 0.6 is 0 Å². The summed E-state index contributed by atoms with van der Waals surface area (Å²) in [5, 5.41) is 3.30. The quantitative estimate of drug-likeness (QED) is 0.774. The van der Waals surface area contributed by atoms with Crippen molar-refractivity contribution in [1.29, 1.82) is 0 Å². The molecule has 3 nitrogen and oxygen atoms in total. The number of hydrogen-bond donors (Lipinski definition) is 1. The van der Waals surface area contributed by atoms with Crippen molar-refractivity contribution in [2.75, 3.05) is 13.1 Å². The molecule has 0 aliphatic rings. The first-order valence-corrected chi connectivity index (χ1v) is 7.46. The second-order valence-corrected chi connectivity index (χ2v) is 5.35. The molecule has 0 aliphatic carbocycles. The first-order valence-electron chi connectivity index (χ1n) is 7.46. The summed E-state index contributed by atoms with van der Waals surface area (Å²) in [7, 11) is 0. The van der Waals surface area contributed by atoms with Gasteiger partial charge in [0.2, 0.25) is 0 Å². The summed E-state index contributed by atoms with van der Waals surface area (Å²) in [5.41, 5.74) is 2.44. The Morgan fingerprint density at radius 2 is 1.95 bits per heavy atom. The minimum absolute atomic E-state index is 0.556. The lowest BCUT2D eigenvalue weighted by Gasteiger charge is -2.05. The number of nitrogens with one attached hydrogen (secondary N) is 1. The van der Waals surface area contributed by atoms with Crippen molar-refractivity contribution in [3.63, 3.8) is 0 Å². The average Bonchev–Trinajstić information content (AvgIpc) is 2.92. The van der Waals surface area contributed by atoms with Gasteiger partial charge < -0.3 is 9.73 Å². The largest absolute Gasteiger partial charge is 0.441 e. The first kappa shape index (κ1) is 14.8. The standard InChI is InChI=1S/C17H24N2O/c1-4-18-11-5-6-17-19-12-16(20-17)15-9-7-14(8-10-15)13(2)3/h7-10,12-13,18H,4-6,11H2,1-3H3. The van der Waals surface area contributed by atoms with E-state index in [9.17, 15) is 0 Å². The molecule has 0 saturated carbocycles. The highest BCUT2D eigenvalue weighted by Crippen LogP contribution is 2.23. The number of oxazole rings is 1. The molecular weight excluding hydrogens is 248 g/mol. The van der Waals surface area contributed by atoms with E-state index in [0.29, 0.717) is 5.92 Å². The smallest absolute Gasteiger partial charge is 0.194 e. The molecule has 1 aromatic heterocycles. The van der Waals surface area contributed by atoms with Crippen LogP contribution < -0.4 is 5.32 Å². The molecule has 20 heavy (non-hydrogen) atoms. The molecule has 0 bridgehead atoms. The Morgan fingerprint density at radius 3 is 2.60 bits per heavy atom. The predicted octanol–water partition coefficient (Wildman–Crippen LogP) is 4.01. The van der Waals surface area contributed by atoms with E-state index in [1.165, 1.54) is 5.56 Å². The van der Waals surface area contributed by atoms with Crippen LogP contribution in [0.2, 0.25) is 0 Å². The number of aryl methyl sites for hydroxylation is 1. The van der Waals surface area contributed by atoms with Crippen LogP contribution in [0.3, 0.4) is 0 Å². The molecule has 0 saturated heterocycles. The van der Waals surface area contributed by atoms with Crippen molar-refractivity contribution in [1.82, 2.24) is 10.3 Å². The van der Waals surface area contributed by atoms with Gasteiger partial charge in [0, 0.05) is 12.0 Å². The molecule has 3 heteroatoms. The average molecular weight is 272 g/mol. The summed E-state index contributed by atoms with van der Waals surface area (Å²) in [6.07, 6.45) is 3.77. The van der Waals surface area contributed by atoms with Crippen LogP contribution in [-0.2, 0) is 6.42 Å². The molecule has 0 radical (unpaired) electrons. The van der Waals surface area contributed by atoms with Gasteiger partial charge in [-0.25, -0.2) is 4.98 Å². The maximum absolute atomic E-state index is 5.81. The van der Waals surface area contributed by atoms with Crippen molar-refractivity contribution >= 4 is 0 Å². The fourth-order valence-corrected chi connectivity index (χ4v) is 2.13. The van der Waals surface area contributed by atoms with Gasteiger partial charge in [0.25, 0.3) is 0 Å². The highest BCUT2D eigenvalue weighted by Gasteiger charge is 2.07. The summed E-state index contributed by atoms with van der Waals surface area (Å²) in [5.74, 6) is 2.24. The molecule has 0 amide bonds. The highest BCUT2D eigenvalue weighted by molar-refractivity contribution is 5.56. The Bertz CT molecular complexity index is 514. The molecule has 1 heterocycles. The molecule has 0 fully saturated rings. The molecule has 108 valence electrons. The van der Waals surface area contributed by atoms with E-state index in [4.69, 9.17) is 4.42 Å². The maximum atomic E-state index is 5.81. The van der Waals surface area contributed by atoms with Crippen molar-refractivity contribution in [2.45, 2.75) is 39.5 Å². The first-order chi connectivity index (χ1) is 9.70. The third-order valence-electron chi connectivity index (χ3n) is 3.41. The van der Waals surface area contributed by atoms with E-state index in [1.807, 2.05) is 6.20 Å². The van der Waals surface area contributed by atoms with E-state index < -0.39 is 0 Å². The van der Waals surface area contributed by atoms with Gasteiger partial charge in [-0.15, -0.1) is 0 Å². The minimum atomic E-state index is 0.556. The summed E-state index contributed by atoms with van der Waals surface area (Å²) in [6, 6.07) is 8.54. The molecule has 0 aliphatic heterocycles. The maximum Gasteiger partial charge on any atom is 0.194 e. The lowest BCUT2D eigenvalue weighted by molar-refractivity contribution is 0.493. The van der Waals surface area contributed by atoms with E-state index >= 15 is 0 Å². The summed E-state index contributed by atoms with van der Waals surface area (Å²) in [6.45, 7) is 8.54. The SMILES string of the molecule is CCNCCCc1ncc(-c2ccc(C(C)C)cc2)o1. The van der Waals surface area contributed by atoms with E-state index in [1.54, 1.807) is 0 Å². The minimum Gasteiger partial charge on any atom is -0.441 e. The third-order valence-corrected chi connectivity index (χ3v) is 3.41. The van der Waals surface area contributed by atoms with Crippen molar-refractivity contribution in [2.24, 2.45) is 0 Å². The van der Waals surface area contributed by atoms with Gasteiger partial charge in [0.05, 0.1) is 6.20 Å². The topological polar surface area (TPSA) is 38.1 Å². The van der Waals surface area contributed by atoms with Crippen LogP contribution in [0.15, 0.2) is 34.9 Å². The lowest BCUT2D eigenvalue weighted by atomic mass is 10.0. The summed E-state index contributed by atoms with van der Waals surface area (Å²) in [4.78, 5) is 4.35. The number of nitrogens with zero attached hydrogens (tertiary/aromatic N) is 1. The monoisotopic (exact) mass is 272 g/mol. The van der Waals surface area contributed by atoms with Gasteiger partial charge in [-0.2, -0.15) is 0 Å². The van der Waals surface area contributed by atoms with Crippen LogP contribution in [0.5, 0.6) is 0 Å². The zero-order chi connectivity index (χ0) is 14.4. The van der Waals surface area contributed by atoms with Gasteiger partial charge in [0.1, 0.15) is 0 Å². The van der Waals surface area contributed by atoms with Crippen LogP contribution in [-0.4, -0.2) is 18.1 Å². The Kier molecular flexibility index (Phi) is 5.36. The van der Waals surface area contributed by atoms with Gasteiger partial charge in [0.15, 0.2) is 11.7 Å². The Labute approximate surface area is 121 Å². The number of hydrogen-bond acceptors (Lipinski definition) is 3. The fourth-order valence-electron chi connectivity index (χ4n) is 2.13. The molecule has 0 atom stereocenters. The van der Waals surface area contributed by atoms with Crippen molar-refractivity contribution in [3.8, 4) is 11.3 Å². The third kappa shape index (κ3) is 3.94. The zero-order valence-corrected chi connectivity index (χ0v) is 12.6. The summed E-state index contributed by atoms with van der Waals surface area (Å²) < 4.78 is 5.81. The number of benzene rings is 1. The van der Waals surface area contributed by atoms with Crippen LogP contribution in [0.25, 0.3) is 11.3 Å².